The third kappa shape index (κ3) is 6.49. The molecule has 27 heavy (non-hydrogen) atoms. The van der Waals surface area contributed by atoms with E-state index in [4.69, 9.17) is 10.00 Å². The number of aliphatic hydroxyl groups is 1. The standard InChI is InChI=1S/C21H23N3O3/c1-15(2)21(26)27-14-19(25)13-23-17-7-9-18(10-8-17)24-20-6-4-3-5-16(20)11-12-22/h3-10,19,23-25H,1,11,13-14H2,2H3. The highest BCUT2D eigenvalue weighted by atomic mass is 16.5. The summed E-state index contributed by atoms with van der Waals surface area (Å²) in [5.74, 6) is -0.513. The molecule has 2 aromatic carbocycles. The fourth-order valence-electron chi connectivity index (χ4n) is 2.30. The average molecular weight is 365 g/mol. The lowest BCUT2D eigenvalue weighted by Crippen LogP contribution is -2.26. The van der Waals surface area contributed by atoms with E-state index in [1.54, 1.807) is 6.92 Å². The van der Waals surface area contributed by atoms with E-state index in [0.29, 0.717) is 12.0 Å². The monoisotopic (exact) mass is 365 g/mol. The molecule has 0 aliphatic carbocycles. The summed E-state index contributed by atoms with van der Waals surface area (Å²) in [6, 6.07) is 17.4. The lowest BCUT2D eigenvalue weighted by molar-refractivity contribution is -0.141. The van der Waals surface area contributed by atoms with Crippen LogP contribution in [0.4, 0.5) is 17.1 Å². The van der Waals surface area contributed by atoms with Crippen LogP contribution in [0.5, 0.6) is 0 Å². The van der Waals surface area contributed by atoms with Crippen molar-refractivity contribution < 1.29 is 14.6 Å². The number of nitriles is 1. The zero-order chi connectivity index (χ0) is 19.6. The third-order valence-corrected chi connectivity index (χ3v) is 3.75. The zero-order valence-electron chi connectivity index (χ0n) is 15.2. The van der Waals surface area contributed by atoms with Crippen LogP contribution in [-0.4, -0.2) is 30.3 Å². The molecule has 2 aromatic rings. The number of para-hydroxylation sites is 1. The normalized spacial score (nSPS) is 11.1. The van der Waals surface area contributed by atoms with E-state index in [0.717, 1.165) is 22.6 Å². The number of carbonyl (C=O) groups is 1. The van der Waals surface area contributed by atoms with Gasteiger partial charge < -0.3 is 20.5 Å². The van der Waals surface area contributed by atoms with Crippen LogP contribution in [-0.2, 0) is 16.0 Å². The van der Waals surface area contributed by atoms with Crippen LogP contribution in [0, 0.1) is 11.3 Å². The van der Waals surface area contributed by atoms with Gasteiger partial charge in [-0.15, -0.1) is 0 Å². The van der Waals surface area contributed by atoms with E-state index in [1.807, 2.05) is 48.5 Å². The highest BCUT2D eigenvalue weighted by Gasteiger charge is 2.09. The summed E-state index contributed by atoms with van der Waals surface area (Å²) >= 11 is 0. The van der Waals surface area contributed by atoms with Gasteiger partial charge in [0.1, 0.15) is 12.7 Å². The van der Waals surface area contributed by atoms with Crippen LogP contribution >= 0.6 is 0 Å². The van der Waals surface area contributed by atoms with E-state index >= 15 is 0 Å². The van der Waals surface area contributed by atoms with Gasteiger partial charge in [-0.25, -0.2) is 4.79 Å². The van der Waals surface area contributed by atoms with Gasteiger partial charge in [-0.2, -0.15) is 5.26 Å². The van der Waals surface area contributed by atoms with Gasteiger partial charge in [0, 0.05) is 29.2 Å². The van der Waals surface area contributed by atoms with Crippen molar-refractivity contribution in [3.05, 3.63) is 66.2 Å². The molecule has 0 spiro atoms. The Morgan fingerprint density at radius 1 is 1.22 bits per heavy atom. The molecule has 1 unspecified atom stereocenters. The summed E-state index contributed by atoms with van der Waals surface area (Å²) in [4.78, 5) is 11.3. The number of benzene rings is 2. The molecule has 0 radical (unpaired) electrons. The van der Waals surface area contributed by atoms with Gasteiger partial charge in [0.15, 0.2) is 0 Å². The number of esters is 1. The molecular weight excluding hydrogens is 342 g/mol. The van der Waals surface area contributed by atoms with Gasteiger partial charge in [-0.05, 0) is 42.8 Å². The average Bonchev–Trinajstić information content (AvgIpc) is 2.67. The Morgan fingerprint density at radius 3 is 2.56 bits per heavy atom. The van der Waals surface area contributed by atoms with E-state index in [-0.39, 0.29) is 13.2 Å². The molecule has 0 saturated heterocycles. The molecule has 0 saturated carbocycles. The molecule has 0 fully saturated rings. The molecular formula is C21H23N3O3. The van der Waals surface area contributed by atoms with Crippen LogP contribution < -0.4 is 10.6 Å². The Morgan fingerprint density at radius 2 is 1.89 bits per heavy atom. The minimum atomic E-state index is -0.816. The van der Waals surface area contributed by atoms with Crippen molar-refractivity contribution in [2.75, 3.05) is 23.8 Å². The number of hydrogen-bond donors (Lipinski definition) is 3. The number of nitrogens with zero attached hydrogens (tertiary/aromatic N) is 1. The van der Waals surface area contributed by atoms with Crippen LogP contribution in [0.15, 0.2) is 60.7 Å². The smallest absolute Gasteiger partial charge is 0.333 e. The van der Waals surface area contributed by atoms with Crippen LogP contribution in [0.25, 0.3) is 0 Å². The molecule has 0 aromatic heterocycles. The maximum Gasteiger partial charge on any atom is 0.333 e. The molecule has 6 nitrogen and oxygen atoms in total. The first-order chi connectivity index (χ1) is 13.0. The fraction of sp³-hybridized carbons (Fsp3) is 0.238. The summed E-state index contributed by atoms with van der Waals surface area (Å²) in [5.41, 5.74) is 3.86. The first-order valence-electron chi connectivity index (χ1n) is 8.56. The summed E-state index contributed by atoms with van der Waals surface area (Å²) in [6.45, 7) is 5.21. The Kier molecular flexibility index (Phi) is 7.41. The Hall–Kier alpha value is -3.30. The first kappa shape index (κ1) is 20.0. The van der Waals surface area contributed by atoms with Gasteiger partial charge in [-0.3, -0.25) is 0 Å². The topological polar surface area (TPSA) is 94.4 Å². The molecule has 6 heteroatoms. The van der Waals surface area contributed by atoms with Gasteiger partial charge in [0.2, 0.25) is 0 Å². The minimum absolute atomic E-state index is 0.0893. The van der Waals surface area contributed by atoms with Crippen LogP contribution in [0.2, 0.25) is 0 Å². The lowest BCUT2D eigenvalue weighted by atomic mass is 10.1. The lowest BCUT2D eigenvalue weighted by Gasteiger charge is -2.14. The van der Waals surface area contributed by atoms with E-state index in [2.05, 4.69) is 23.3 Å². The Bertz CT molecular complexity index is 825. The molecule has 0 bridgehead atoms. The van der Waals surface area contributed by atoms with Crippen molar-refractivity contribution in [1.82, 2.24) is 0 Å². The fourth-order valence-corrected chi connectivity index (χ4v) is 2.30. The molecule has 0 aliphatic rings. The number of aliphatic hydroxyl groups excluding tert-OH is 1. The number of rotatable bonds is 9. The molecule has 0 heterocycles. The Labute approximate surface area is 159 Å². The predicted molar refractivity (Wildman–Crippen MR) is 106 cm³/mol. The van der Waals surface area contributed by atoms with Gasteiger partial charge >= 0.3 is 5.97 Å². The number of hydrogen-bond acceptors (Lipinski definition) is 6. The summed E-state index contributed by atoms with van der Waals surface area (Å²) in [5, 5.41) is 25.2. The number of carbonyl (C=O) groups excluding carboxylic acids is 1. The summed E-state index contributed by atoms with van der Waals surface area (Å²) in [6.07, 6.45) is -0.472. The van der Waals surface area contributed by atoms with Crippen molar-refractivity contribution in [2.45, 2.75) is 19.4 Å². The second kappa shape index (κ2) is 10.00. The third-order valence-electron chi connectivity index (χ3n) is 3.75. The summed E-state index contributed by atoms with van der Waals surface area (Å²) < 4.78 is 4.91. The largest absolute Gasteiger partial charge is 0.460 e. The molecule has 140 valence electrons. The second-order valence-corrected chi connectivity index (χ2v) is 6.11. The number of nitrogens with one attached hydrogen (secondary N) is 2. The van der Waals surface area contributed by atoms with Crippen LogP contribution in [0.3, 0.4) is 0 Å². The maximum absolute atomic E-state index is 11.3. The van der Waals surface area contributed by atoms with Gasteiger partial charge in [0.05, 0.1) is 12.5 Å². The highest BCUT2D eigenvalue weighted by Crippen LogP contribution is 2.22. The van der Waals surface area contributed by atoms with Gasteiger partial charge in [-0.1, -0.05) is 24.8 Å². The van der Waals surface area contributed by atoms with E-state index in [9.17, 15) is 9.90 Å². The Balaban J connectivity index is 1.86. The van der Waals surface area contributed by atoms with E-state index < -0.39 is 12.1 Å². The minimum Gasteiger partial charge on any atom is -0.460 e. The SMILES string of the molecule is C=C(C)C(=O)OCC(O)CNc1ccc(Nc2ccccc2CC#N)cc1. The highest BCUT2D eigenvalue weighted by molar-refractivity contribution is 5.86. The molecule has 2 rings (SSSR count). The summed E-state index contributed by atoms with van der Waals surface area (Å²) in [7, 11) is 0. The molecule has 3 N–H and O–H groups in total. The number of anilines is 3. The van der Waals surface area contributed by atoms with Crippen molar-refractivity contribution in [2.24, 2.45) is 0 Å². The maximum atomic E-state index is 11.3. The molecule has 1 atom stereocenters. The van der Waals surface area contributed by atoms with Crippen molar-refractivity contribution in [3.63, 3.8) is 0 Å². The quantitative estimate of drug-likeness (QED) is 0.466. The van der Waals surface area contributed by atoms with E-state index in [1.165, 1.54) is 0 Å². The number of ether oxygens (including phenoxy) is 1. The second-order valence-electron chi connectivity index (χ2n) is 6.11. The molecule has 0 amide bonds. The first-order valence-corrected chi connectivity index (χ1v) is 8.56. The zero-order valence-corrected chi connectivity index (χ0v) is 15.2. The van der Waals surface area contributed by atoms with Crippen molar-refractivity contribution in [3.8, 4) is 6.07 Å². The van der Waals surface area contributed by atoms with Crippen molar-refractivity contribution >= 4 is 23.0 Å². The van der Waals surface area contributed by atoms with Gasteiger partial charge in [0.25, 0.3) is 0 Å². The predicted octanol–water partition coefficient (Wildman–Crippen LogP) is 3.39. The molecule has 0 aliphatic heterocycles. The van der Waals surface area contributed by atoms with Crippen LogP contribution in [0.1, 0.15) is 12.5 Å². The van der Waals surface area contributed by atoms with Crippen molar-refractivity contribution in [1.29, 1.82) is 5.26 Å².